The van der Waals surface area contributed by atoms with Crippen LogP contribution < -0.4 is 0 Å². The van der Waals surface area contributed by atoms with Crippen LogP contribution in [0.5, 0.6) is 0 Å². The molecule has 0 bridgehead atoms. The van der Waals surface area contributed by atoms with Gasteiger partial charge in [0.1, 0.15) is 5.65 Å². The molecule has 1 aromatic carbocycles. The Bertz CT molecular complexity index is 837. The van der Waals surface area contributed by atoms with Gasteiger partial charge in [-0.05, 0) is 23.6 Å². The van der Waals surface area contributed by atoms with Crippen LogP contribution >= 0.6 is 0 Å². The van der Waals surface area contributed by atoms with E-state index < -0.39 is 11.7 Å². The molecule has 0 radical (unpaired) electrons. The van der Waals surface area contributed by atoms with E-state index >= 15 is 0 Å². The molecule has 23 heavy (non-hydrogen) atoms. The number of benzene rings is 1. The molecule has 0 atom stereocenters. The van der Waals surface area contributed by atoms with Gasteiger partial charge >= 0.3 is 6.18 Å². The molecule has 5 heteroatoms. The second-order valence-corrected chi connectivity index (χ2v) is 6.58. The molecule has 2 nitrogen and oxygen atoms in total. The van der Waals surface area contributed by atoms with Gasteiger partial charge in [-0.25, -0.2) is 4.98 Å². The van der Waals surface area contributed by atoms with Crippen molar-refractivity contribution in [3.8, 4) is 11.3 Å². The number of rotatable bonds is 1. The lowest BCUT2D eigenvalue weighted by molar-refractivity contribution is -0.137. The molecule has 2 aromatic heterocycles. The van der Waals surface area contributed by atoms with Crippen molar-refractivity contribution in [1.82, 2.24) is 9.38 Å². The molecule has 0 unspecified atom stereocenters. The minimum atomic E-state index is -4.32. The van der Waals surface area contributed by atoms with Crippen molar-refractivity contribution in [3.05, 3.63) is 59.9 Å². The number of fused-ring (bicyclic) bond motifs is 1. The maximum Gasteiger partial charge on any atom is 0.416 e. The van der Waals surface area contributed by atoms with E-state index in [1.807, 2.05) is 22.7 Å². The fourth-order valence-corrected chi connectivity index (χ4v) is 2.64. The molecule has 0 N–H and O–H groups in total. The van der Waals surface area contributed by atoms with Crippen LogP contribution in [-0.2, 0) is 11.6 Å². The molecule has 0 fully saturated rings. The van der Waals surface area contributed by atoms with E-state index in [0.717, 1.165) is 29.0 Å². The molecule has 0 aliphatic heterocycles. The van der Waals surface area contributed by atoms with E-state index in [1.54, 1.807) is 6.20 Å². The van der Waals surface area contributed by atoms with Gasteiger partial charge in [-0.2, -0.15) is 13.2 Å². The number of halogens is 3. The summed E-state index contributed by atoms with van der Waals surface area (Å²) >= 11 is 0. The van der Waals surface area contributed by atoms with Gasteiger partial charge in [0.05, 0.1) is 17.5 Å². The van der Waals surface area contributed by atoms with Gasteiger partial charge in [-0.15, -0.1) is 0 Å². The molecule has 0 aliphatic carbocycles. The van der Waals surface area contributed by atoms with Crippen LogP contribution in [0.25, 0.3) is 16.9 Å². The smallest absolute Gasteiger partial charge is 0.299 e. The standard InChI is InChI=1S/C18H17F3N2/c1-17(2,3)14-5-4-10-23-15(11-22-16(14)23)12-6-8-13(9-7-12)18(19,20)21/h4-11H,1-3H3. The van der Waals surface area contributed by atoms with Crippen LogP contribution in [-0.4, -0.2) is 9.38 Å². The molecular formula is C18H17F3N2. The maximum absolute atomic E-state index is 12.7. The van der Waals surface area contributed by atoms with Gasteiger partial charge in [0.2, 0.25) is 0 Å². The van der Waals surface area contributed by atoms with Gasteiger partial charge in [0.25, 0.3) is 0 Å². The normalized spacial score (nSPS) is 12.8. The largest absolute Gasteiger partial charge is 0.416 e. The van der Waals surface area contributed by atoms with Crippen LogP contribution in [0, 0.1) is 0 Å². The topological polar surface area (TPSA) is 17.3 Å². The van der Waals surface area contributed by atoms with Crippen molar-refractivity contribution in [1.29, 1.82) is 0 Å². The van der Waals surface area contributed by atoms with Gasteiger partial charge in [0, 0.05) is 17.3 Å². The molecule has 0 saturated carbocycles. The first-order valence-electron chi connectivity index (χ1n) is 7.32. The molecule has 0 aliphatic rings. The Morgan fingerprint density at radius 1 is 0.957 bits per heavy atom. The van der Waals surface area contributed by atoms with E-state index in [-0.39, 0.29) is 5.41 Å². The maximum atomic E-state index is 12.7. The average Bonchev–Trinajstić information content (AvgIpc) is 2.89. The van der Waals surface area contributed by atoms with Crippen LogP contribution in [0.1, 0.15) is 31.9 Å². The highest BCUT2D eigenvalue weighted by atomic mass is 19.4. The highest BCUT2D eigenvalue weighted by Crippen LogP contribution is 2.32. The fourth-order valence-electron chi connectivity index (χ4n) is 2.64. The van der Waals surface area contributed by atoms with Crippen LogP contribution in [0.4, 0.5) is 13.2 Å². The summed E-state index contributed by atoms with van der Waals surface area (Å²) in [7, 11) is 0. The molecule has 0 spiro atoms. The zero-order valence-corrected chi connectivity index (χ0v) is 13.1. The highest BCUT2D eigenvalue weighted by Gasteiger charge is 2.30. The lowest BCUT2D eigenvalue weighted by Crippen LogP contribution is -2.13. The summed E-state index contributed by atoms with van der Waals surface area (Å²) in [5.41, 5.74) is 2.69. The Hall–Kier alpha value is -2.30. The number of aromatic nitrogens is 2. The van der Waals surface area contributed by atoms with Crippen molar-refractivity contribution >= 4 is 5.65 Å². The summed E-state index contributed by atoms with van der Waals surface area (Å²) in [6.45, 7) is 6.32. The number of alkyl halides is 3. The zero-order valence-electron chi connectivity index (χ0n) is 13.1. The summed E-state index contributed by atoms with van der Waals surface area (Å²) in [4.78, 5) is 4.47. The number of nitrogens with zero attached hydrogens (tertiary/aromatic N) is 2. The van der Waals surface area contributed by atoms with E-state index in [2.05, 4.69) is 25.8 Å². The predicted octanol–water partition coefficient (Wildman–Crippen LogP) is 5.32. The van der Waals surface area contributed by atoms with Crippen LogP contribution in [0.2, 0.25) is 0 Å². The van der Waals surface area contributed by atoms with Crippen molar-refractivity contribution in [2.24, 2.45) is 0 Å². The average molecular weight is 318 g/mol. The lowest BCUT2D eigenvalue weighted by atomic mass is 9.88. The summed E-state index contributed by atoms with van der Waals surface area (Å²) in [6.07, 6.45) is -0.741. The van der Waals surface area contributed by atoms with Gasteiger partial charge < -0.3 is 0 Å². The van der Waals surface area contributed by atoms with Crippen molar-refractivity contribution in [2.45, 2.75) is 32.4 Å². The molecule has 2 heterocycles. The first-order chi connectivity index (χ1) is 10.7. The lowest BCUT2D eigenvalue weighted by Gasteiger charge is -2.19. The Balaban J connectivity index is 2.11. The van der Waals surface area contributed by atoms with E-state index in [4.69, 9.17) is 0 Å². The fraction of sp³-hybridized carbons (Fsp3) is 0.278. The first kappa shape index (κ1) is 15.6. The van der Waals surface area contributed by atoms with Crippen LogP contribution in [0.15, 0.2) is 48.8 Å². The second kappa shape index (κ2) is 5.11. The SMILES string of the molecule is CC(C)(C)c1cccn2c(-c3ccc(C(F)(F)F)cc3)cnc12. The third kappa shape index (κ3) is 2.83. The first-order valence-corrected chi connectivity index (χ1v) is 7.32. The third-order valence-corrected chi connectivity index (χ3v) is 3.85. The van der Waals surface area contributed by atoms with E-state index in [1.165, 1.54) is 12.1 Å². The van der Waals surface area contributed by atoms with Crippen molar-refractivity contribution in [3.63, 3.8) is 0 Å². The molecule has 0 saturated heterocycles. The zero-order chi connectivity index (χ0) is 16.8. The van der Waals surface area contributed by atoms with Gasteiger partial charge in [0.15, 0.2) is 0 Å². The molecular weight excluding hydrogens is 301 g/mol. The highest BCUT2D eigenvalue weighted by molar-refractivity contribution is 5.66. The van der Waals surface area contributed by atoms with Crippen molar-refractivity contribution in [2.75, 3.05) is 0 Å². The molecule has 0 amide bonds. The molecule has 3 rings (SSSR count). The summed E-state index contributed by atoms with van der Waals surface area (Å²) in [6, 6.07) is 9.12. The Kier molecular flexibility index (Phi) is 3.47. The summed E-state index contributed by atoms with van der Waals surface area (Å²) in [5.74, 6) is 0. The van der Waals surface area contributed by atoms with Gasteiger partial charge in [-0.1, -0.05) is 39.0 Å². The summed E-state index contributed by atoms with van der Waals surface area (Å²) < 4.78 is 40.0. The Morgan fingerprint density at radius 2 is 1.61 bits per heavy atom. The van der Waals surface area contributed by atoms with E-state index in [9.17, 15) is 13.2 Å². The third-order valence-electron chi connectivity index (χ3n) is 3.85. The number of pyridine rings is 1. The Morgan fingerprint density at radius 3 is 2.17 bits per heavy atom. The predicted molar refractivity (Wildman–Crippen MR) is 84.3 cm³/mol. The molecule has 3 aromatic rings. The van der Waals surface area contributed by atoms with E-state index in [0.29, 0.717) is 5.56 Å². The van der Waals surface area contributed by atoms with Crippen molar-refractivity contribution < 1.29 is 13.2 Å². The number of hydrogen-bond donors (Lipinski definition) is 0. The van der Waals surface area contributed by atoms with Gasteiger partial charge in [-0.3, -0.25) is 4.40 Å². The second-order valence-electron chi connectivity index (χ2n) is 6.58. The minimum absolute atomic E-state index is 0.0642. The van der Waals surface area contributed by atoms with Crippen LogP contribution in [0.3, 0.4) is 0 Å². The Labute approximate surface area is 132 Å². The molecule has 120 valence electrons. The number of imidazole rings is 1. The quantitative estimate of drug-likeness (QED) is 0.594. The minimum Gasteiger partial charge on any atom is -0.299 e. The monoisotopic (exact) mass is 318 g/mol. The summed E-state index contributed by atoms with van der Waals surface area (Å²) in [5, 5.41) is 0. The number of hydrogen-bond acceptors (Lipinski definition) is 1.